The van der Waals surface area contributed by atoms with Crippen molar-refractivity contribution in [2.45, 2.75) is 10.9 Å². The van der Waals surface area contributed by atoms with Crippen molar-refractivity contribution in [3.05, 3.63) is 66.5 Å². The summed E-state index contributed by atoms with van der Waals surface area (Å²) in [5.74, 6) is -0.173. The Morgan fingerprint density at radius 1 is 1.07 bits per heavy atom. The van der Waals surface area contributed by atoms with Crippen molar-refractivity contribution in [3.63, 3.8) is 0 Å². The number of hydrogen-bond donors (Lipinski definition) is 3. The number of pyridine rings is 1. The smallest absolute Gasteiger partial charge is 0.246 e. The molecule has 0 saturated carbocycles. The number of aromatic nitrogens is 1. The molecule has 4 rings (SSSR count). The summed E-state index contributed by atoms with van der Waals surface area (Å²) in [6.45, 7) is 3.11. The first-order valence-corrected chi connectivity index (χ1v) is 11.2. The van der Waals surface area contributed by atoms with E-state index in [9.17, 15) is 13.2 Å². The first-order valence-electron chi connectivity index (χ1n) is 9.64. The van der Waals surface area contributed by atoms with E-state index in [0.29, 0.717) is 5.69 Å². The Morgan fingerprint density at radius 3 is 2.50 bits per heavy atom. The third kappa shape index (κ3) is 4.49. The quantitative estimate of drug-likeness (QED) is 0.570. The standard InChI is InChI=1S/C21H23N5O3S/c22-30(28,29)19-5-3-18(4-6-19)25-21(27)20(26-11-9-23-10-12-26)16-1-2-17-14-24-8-7-15(17)13-16/h1-8,13-14,20,23H,9-12H2,(H,25,27)(H2,22,28,29). The molecule has 30 heavy (non-hydrogen) atoms. The van der Waals surface area contributed by atoms with Crippen molar-refractivity contribution in [3.8, 4) is 0 Å². The van der Waals surface area contributed by atoms with Gasteiger partial charge in [-0.15, -0.1) is 0 Å². The van der Waals surface area contributed by atoms with E-state index in [0.717, 1.165) is 42.5 Å². The van der Waals surface area contributed by atoms with Gasteiger partial charge in [-0.3, -0.25) is 14.7 Å². The van der Waals surface area contributed by atoms with Crippen molar-refractivity contribution in [1.82, 2.24) is 15.2 Å². The Balaban J connectivity index is 1.63. The van der Waals surface area contributed by atoms with E-state index in [1.807, 2.05) is 24.3 Å². The number of anilines is 1. The molecule has 0 radical (unpaired) electrons. The molecule has 9 heteroatoms. The van der Waals surface area contributed by atoms with Crippen LogP contribution >= 0.6 is 0 Å². The Kier molecular flexibility index (Phi) is 5.78. The maximum atomic E-state index is 13.3. The van der Waals surface area contributed by atoms with Gasteiger partial charge in [-0.1, -0.05) is 12.1 Å². The van der Waals surface area contributed by atoms with Gasteiger partial charge >= 0.3 is 0 Å². The van der Waals surface area contributed by atoms with Crippen molar-refractivity contribution in [2.24, 2.45) is 5.14 Å². The topological polar surface area (TPSA) is 117 Å². The monoisotopic (exact) mass is 425 g/mol. The third-order valence-corrected chi connectivity index (χ3v) is 6.13. The van der Waals surface area contributed by atoms with E-state index in [-0.39, 0.29) is 10.8 Å². The molecule has 156 valence electrons. The molecule has 0 aliphatic carbocycles. The highest BCUT2D eigenvalue weighted by atomic mass is 32.2. The van der Waals surface area contributed by atoms with Crippen LogP contribution in [0, 0.1) is 0 Å². The first-order chi connectivity index (χ1) is 14.4. The highest BCUT2D eigenvalue weighted by molar-refractivity contribution is 7.89. The number of nitrogens with two attached hydrogens (primary N) is 1. The molecule has 8 nitrogen and oxygen atoms in total. The predicted molar refractivity (Wildman–Crippen MR) is 115 cm³/mol. The van der Waals surface area contributed by atoms with Crippen LogP contribution in [0.1, 0.15) is 11.6 Å². The van der Waals surface area contributed by atoms with E-state index in [1.54, 1.807) is 24.5 Å². The second-order valence-corrected chi connectivity index (χ2v) is 8.79. The van der Waals surface area contributed by atoms with E-state index in [4.69, 9.17) is 5.14 Å². The molecule has 1 aliphatic rings. The van der Waals surface area contributed by atoms with Gasteiger partial charge in [0, 0.05) is 49.6 Å². The lowest BCUT2D eigenvalue weighted by molar-refractivity contribution is -0.121. The first kappa shape index (κ1) is 20.4. The van der Waals surface area contributed by atoms with Crippen LogP contribution in [0.15, 0.2) is 65.8 Å². The lowest BCUT2D eigenvalue weighted by Gasteiger charge is -2.34. The summed E-state index contributed by atoms with van der Waals surface area (Å²) in [5.41, 5.74) is 1.41. The molecule has 2 aromatic carbocycles. The molecule has 0 bridgehead atoms. The number of primary sulfonamides is 1. The molecule has 4 N–H and O–H groups in total. The summed E-state index contributed by atoms with van der Waals surface area (Å²) in [7, 11) is -3.78. The van der Waals surface area contributed by atoms with Gasteiger partial charge in [-0.2, -0.15) is 0 Å². The van der Waals surface area contributed by atoms with E-state index < -0.39 is 16.1 Å². The molecule has 1 unspecified atom stereocenters. The number of amides is 1. The predicted octanol–water partition coefficient (Wildman–Crippen LogP) is 1.47. The van der Waals surface area contributed by atoms with E-state index >= 15 is 0 Å². The van der Waals surface area contributed by atoms with Crippen LogP contribution in [0.4, 0.5) is 5.69 Å². The minimum Gasteiger partial charge on any atom is -0.324 e. The van der Waals surface area contributed by atoms with Gasteiger partial charge < -0.3 is 10.6 Å². The van der Waals surface area contributed by atoms with Gasteiger partial charge in [-0.25, -0.2) is 13.6 Å². The fourth-order valence-electron chi connectivity index (χ4n) is 3.68. The Morgan fingerprint density at radius 2 is 1.80 bits per heavy atom. The Hall–Kier alpha value is -2.85. The van der Waals surface area contributed by atoms with Crippen LogP contribution in [0.25, 0.3) is 10.8 Å². The Bertz CT molecular complexity index is 1160. The number of nitrogens with one attached hydrogen (secondary N) is 2. The summed E-state index contributed by atoms with van der Waals surface area (Å²) in [6, 6.07) is 13.3. The van der Waals surface area contributed by atoms with Crippen LogP contribution in [-0.2, 0) is 14.8 Å². The molecule has 1 aliphatic heterocycles. The number of sulfonamides is 1. The minimum absolute atomic E-state index is 0.00212. The Labute approximate surface area is 175 Å². The van der Waals surface area contributed by atoms with Crippen molar-refractivity contribution >= 4 is 32.4 Å². The van der Waals surface area contributed by atoms with E-state index in [1.165, 1.54) is 12.1 Å². The fraction of sp³-hybridized carbons (Fsp3) is 0.238. The maximum absolute atomic E-state index is 13.3. The van der Waals surface area contributed by atoms with Gasteiger partial charge in [-0.05, 0) is 47.3 Å². The van der Waals surface area contributed by atoms with Gasteiger partial charge in [0.25, 0.3) is 0 Å². The molecule has 1 fully saturated rings. The van der Waals surface area contributed by atoms with Crippen LogP contribution < -0.4 is 15.8 Å². The number of carbonyl (C=O) groups is 1. The zero-order valence-corrected chi connectivity index (χ0v) is 17.1. The zero-order valence-electron chi connectivity index (χ0n) is 16.3. The second-order valence-electron chi connectivity index (χ2n) is 7.23. The van der Waals surface area contributed by atoms with Gasteiger partial charge in [0.05, 0.1) is 4.90 Å². The molecule has 1 atom stereocenters. The fourth-order valence-corrected chi connectivity index (χ4v) is 4.19. The van der Waals surface area contributed by atoms with Crippen LogP contribution in [0.2, 0.25) is 0 Å². The minimum atomic E-state index is -3.78. The molecular formula is C21H23N5O3S. The van der Waals surface area contributed by atoms with Crippen LogP contribution in [0.5, 0.6) is 0 Å². The highest BCUT2D eigenvalue weighted by Crippen LogP contribution is 2.27. The van der Waals surface area contributed by atoms with Gasteiger partial charge in [0.1, 0.15) is 6.04 Å². The van der Waals surface area contributed by atoms with Crippen LogP contribution in [-0.4, -0.2) is 50.4 Å². The number of benzene rings is 2. The average Bonchev–Trinajstić information content (AvgIpc) is 2.74. The molecule has 1 saturated heterocycles. The van der Waals surface area contributed by atoms with Gasteiger partial charge in [0.2, 0.25) is 15.9 Å². The molecule has 0 spiro atoms. The maximum Gasteiger partial charge on any atom is 0.246 e. The molecular weight excluding hydrogens is 402 g/mol. The van der Waals surface area contributed by atoms with Crippen molar-refractivity contribution in [1.29, 1.82) is 0 Å². The van der Waals surface area contributed by atoms with Crippen molar-refractivity contribution < 1.29 is 13.2 Å². The number of nitrogens with zero attached hydrogens (tertiary/aromatic N) is 2. The number of rotatable bonds is 5. The normalized spacial score (nSPS) is 16.3. The zero-order chi connectivity index (χ0) is 21.1. The van der Waals surface area contributed by atoms with Crippen molar-refractivity contribution in [2.75, 3.05) is 31.5 Å². The number of carbonyl (C=O) groups excluding carboxylic acids is 1. The summed E-state index contributed by atoms with van der Waals surface area (Å²) in [4.78, 5) is 19.6. The summed E-state index contributed by atoms with van der Waals surface area (Å²) in [5, 5.41) is 13.4. The SMILES string of the molecule is NS(=O)(=O)c1ccc(NC(=O)C(c2ccc3cnccc3c2)N2CCNCC2)cc1. The molecule has 2 heterocycles. The largest absolute Gasteiger partial charge is 0.324 e. The van der Waals surface area contributed by atoms with E-state index in [2.05, 4.69) is 20.5 Å². The molecule has 1 amide bonds. The molecule has 1 aromatic heterocycles. The number of piperazine rings is 1. The second kappa shape index (κ2) is 8.49. The number of fused-ring (bicyclic) bond motifs is 1. The average molecular weight is 426 g/mol. The summed E-state index contributed by atoms with van der Waals surface area (Å²) < 4.78 is 22.9. The highest BCUT2D eigenvalue weighted by Gasteiger charge is 2.29. The summed E-state index contributed by atoms with van der Waals surface area (Å²) >= 11 is 0. The van der Waals surface area contributed by atoms with Crippen LogP contribution in [0.3, 0.4) is 0 Å². The molecule has 3 aromatic rings. The number of hydrogen-bond acceptors (Lipinski definition) is 6. The lowest BCUT2D eigenvalue weighted by atomic mass is 10.00. The third-order valence-electron chi connectivity index (χ3n) is 5.20. The summed E-state index contributed by atoms with van der Waals surface area (Å²) in [6.07, 6.45) is 3.53. The lowest BCUT2D eigenvalue weighted by Crippen LogP contribution is -2.48. The van der Waals surface area contributed by atoms with Gasteiger partial charge in [0.15, 0.2) is 0 Å².